The van der Waals surface area contributed by atoms with Crippen LogP contribution >= 0.6 is 24.8 Å². The van der Waals surface area contributed by atoms with Gasteiger partial charge in [-0.05, 0) is 64.2 Å². The average Bonchev–Trinajstić information content (AvgIpc) is 3.37. The van der Waals surface area contributed by atoms with Crippen LogP contribution in [-0.4, -0.2) is 32.8 Å². The van der Waals surface area contributed by atoms with Gasteiger partial charge in [0.1, 0.15) is 11.7 Å². The highest BCUT2D eigenvalue weighted by atomic mass is 35.5. The van der Waals surface area contributed by atoms with Gasteiger partial charge < -0.3 is 20.5 Å². The Morgan fingerprint density at radius 1 is 0.891 bits per heavy atom. The summed E-state index contributed by atoms with van der Waals surface area (Å²) in [5.41, 5.74) is 12.3. The van der Waals surface area contributed by atoms with Crippen LogP contribution in [0.5, 0.6) is 0 Å². The van der Waals surface area contributed by atoms with Crippen LogP contribution < -0.4 is 16.0 Å². The number of fused-ring (bicyclic) bond motifs is 2. The van der Waals surface area contributed by atoms with E-state index < -0.39 is 0 Å². The molecule has 0 aliphatic rings. The number of amides is 1. The fourth-order valence-electron chi connectivity index (χ4n) is 5.57. The van der Waals surface area contributed by atoms with Crippen LogP contribution in [0, 0.1) is 5.41 Å². The van der Waals surface area contributed by atoms with Crippen molar-refractivity contribution < 1.29 is 4.79 Å². The van der Waals surface area contributed by atoms with E-state index in [9.17, 15) is 4.79 Å². The first-order valence-corrected chi connectivity index (χ1v) is 14.7. The van der Waals surface area contributed by atoms with Crippen LogP contribution in [0.4, 0.5) is 5.69 Å². The number of amidine groups is 1. The van der Waals surface area contributed by atoms with Crippen molar-refractivity contribution >= 4 is 64.1 Å². The summed E-state index contributed by atoms with van der Waals surface area (Å²) in [5.74, 6) is 1.02. The minimum Gasteiger partial charge on any atom is -0.384 e. The van der Waals surface area contributed by atoms with Gasteiger partial charge in [0.25, 0.3) is 0 Å². The Balaban J connectivity index is 0.00000240. The zero-order valence-corrected chi connectivity index (χ0v) is 27.2. The highest BCUT2D eigenvalue weighted by Gasteiger charge is 2.19. The number of nitrogens with zero attached hydrogens (tertiary/aromatic N) is 4. The van der Waals surface area contributed by atoms with Crippen molar-refractivity contribution in [3.05, 3.63) is 138 Å². The quantitative estimate of drug-likeness (QED) is 0.111. The SMILES string of the molecule is Cl.Cl.Cn1c(CCc2ccc(C(=N)N)cc2)nc2cc(N(Cc3cccc4ccccc34)C(=O)CNCc3ccncc3)ccc21. The standard InChI is InChI=1S/C36H35N7O.2ClH/c1-42-33-15-14-30(21-32(33)41-34(42)16-11-25-9-12-28(13-10-25)36(37)38)43(35(44)23-40-22-26-17-19-39-20-18-26)24-29-7-4-6-27-5-2-3-8-31(27)29;;/h2-10,12-15,17-21,40H,11,16,22-24H2,1H3,(H3,37,38);2*1H. The summed E-state index contributed by atoms with van der Waals surface area (Å²) in [6.45, 7) is 1.22. The number of nitrogens with one attached hydrogen (secondary N) is 2. The first-order valence-electron chi connectivity index (χ1n) is 14.7. The molecular formula is C36H37Cl2N7O. The van der Waals surface area contributed by atoms with E-state index in [1.54, 1.807) is 12.4 Å². The molecule has 0 fully saturated rings. The summed E-state index contributed by atoms with van der Waals surface area (Å²) in [7, 11) is 2.03. The van der Waals surface area contributed by atoms with Crippen molar-refractivity contribution in [2.75, 3.05) is 11.4 Å². The van der Waals surface area contributed by atoms with E-state index in [0.717, 1.165) is 68.4 Å². The second-order valence-corrected chi connectivity index (χ2v) is 10.9. The summed E-state index contributed by atoms with van der Waals surface area (Å²) in [4.78, 5) is 24.7. The minimum atomic E-state index is -0.0171. The highest BCUT2D eigenvalue weighted by Crippen LogP contribution is 2.27. The van der Waals surface area contributed by atoms with Gasteiger partial charge in [0.05, 0.1) is 24.1 Å². The summed E-state index contributed by atoms with van der Waals surface area (Å²) >= 11 is 0. The van der Waals surface area contributed by atoms with Crippen molar-refractivity contribution in [2.45, 2.75) is 25.9 Å². The Morgan fingerprint density at radius 2 is 1.63 bits per heavy atom. The second kappa shape index (κ2) is 15.5. The molecule has 6 aromatic rings. The van der Waals surface area contributed by atoms with Crippen molar-refractivity contribution in [3.63, 3.8) is 0 Å². The lowest BCUT2D eigenvalue weighted by molar-refractivity contribution is -0.118. The number of rotatable bonds is 11. The van der Waals surface area contributed by atoms with Gasteiger partial charge >= 0.3 is 0 Å². The van der Waals surface area contributed by atoms with Crippen molar-refractivity contribution in [2.24, 2.45) is 12.8 Å². The fourth-order valence-corrected chi connectivity index (χ4v) is 5.57. The molecule has 0 saturated heterocycles. The number of aryl methyl sites for hydroxylation is 3. The van der Waals surface area contributed by atoms with Gasteiger partial charge in [0, 0.05) is 43.7 Å². The first kappa shape index (κ1) is 34.1. The maximum absolute atomic E-state index is 13.8. The number of pyridine rings is 1. The van der Waals surface area contributed by atoms with Gasteiger partial charge in [-0.15, -0.1) is 24.8 Å². The van der Waals surface area contributed by atoms with Gasteiger partial charge in [0.15, 0.2) is 0 Å². The average molecular weight is 655 g/mol. The Labute approximate surface area is 281 Å². The smallest absolute Gasteiger partial charge is 0.241 e. The molecule has 10 heteroatoms. The molecule has 2 heterocycles. The molecule has 0 aliphatic carbocycles. The molecular weight excluding hydrogens is 617 g/mol. The van der Waals surface area contributed by atoms with E-state index >= 15 is 0 Å². The molecule has 8 nitrogen and oxygen atoms in total. The van der Waals surface area contributed by atoms with Crippen LogP contribution in [0.1, 0.15) is 28.1 Å². The lowest BCUT2D eigenvalue weighted by Gasteiger charge is -2.24. The van der Waals surface area contributed by atoms with Crippen LogP contribution in [0.3, 0.4) is 0 Å². The summed E-state index contributed by atoms with van der Waals surface area (Å²) in [6, 6.07) is 32.3. The summed E-state index contributed by atoms with van der Waals surface area (Å²) in [5, 5.41) is 13.2. The Kier molecular flexibility index (Phi) is 11.5. The van der Waals surface area contributed by atoms with Crippen LogP contribution in [-0.2, 0) is 37.8 Å². The Hall–Kier alpha value is -4.76. The third-order valence-electron chi connectivity index (χ3n) is 8.04. The normalized spacial score (nSPS) is 10.7. The Bertz CT molecular complexity index is 1940. The fraction of sp³-hybridized carbons (Fsp3) is 0.167. The van der Waals surface area contributed by atoms with E-state index in [0.29, 0.717) is 13.1 Å². The molecule has 4 aromatic carbocycles. The van der Waals surface area contributed by atoms with E-state index in [4.69, 9.17) is 16.1 Å². The number of carbonyl (C=O) groups excluding carboxylic acids is 1. The molecule has 0 aliphatic heterocycles. The van der Waals surface area contributed by atoms with Crippen LogP contribution in [0.15, 0.2) is 109 Å². The van der Waals surface area contributed by atoms with E-state index in [2.05, 4.69) is 45.2 Å². The molecule has 1 amide bonds. The molecule has 46 heavy (non-hydrogen) atoms. The number of imidazole rings is 1. The predicted octanol–water partition coefficient (Wildman–Crippen LogP) is 6.36. The van der Waals surface area contributed by atoms with Gasteiger partial charge in [-0.3, -0.25) is 15.2 Å². The molecule has 6 rings (SSSR count). The number of anilines is 1. The summed E-state index contributed by atoms with van der Waals surface area (Å²) < 4.78 is 2.12. The number of benzene rings is 4. The number of hydrogen-bond donors (Lipinski definition) is 3. The monoisotopic (exact) mass is 653 g/mol. The lowest BCUT2D eigenvalue weighted by atomic mass is 10.0. The van der Waals surface area contributed by atoms with Crippen molar-refractivity contribution in [1.29, 1.82) is 5.41 Å². The largest absolute Gasteiger partial charge is 0.384 e. The zero-order valence-electron chi connectivity index (χ0n) is 25.5. The van der Waals surface area contributed by atoms with Gasteiger partial charge in [0.2, 0.25) is 5.91 Å². The van der Waals surface area contributed by atoms with Gasteiger partial charge in [-0.25, -0.2) is 4.98 Å². The van der Waals surface area contributed by atoms with Crippen molar-refractivity contribution in [1.82, 2.24) is 19.9 Å². The third kappa shape index (κ3) is 7.72. The molecule has 0 bridgehead atoms. The molecule has 236 valence electrons. The van der Waals surface area contributed by atoms with Crippen LogP contribution in [0.25, 0.3) is 21.8 Å². The topological polar surface area (TPSA) is 113 Å². The minimum absolute atomic E-state index is 0. The van der Waals surface area contributed by atoms with Gasteiger partial charge in [-0.2, -0.15) is 0 Å². The molecule has 2 aromatic heterocycles. The predicted molar refractivity (Wildman–Crippen MR) is 191 cm³/mol. The maximum atomic E-state index is 13.8. The molecule has 0 spiro atoms. The number of hydrogen-bond acceptors (Lipinski definition) is 5. The van der Waals surface area contributed by atoms with Crippen molar-refractivity contribution in [3.8, 4) is 0 Å². The lowest BCUT2D eigenvalue weighted by Crippen LogP contribution is -2.37. The maximum Gasteiger partial charge on any atom is 0.241 e. The number of aromatic nitrogens is 3. The highest BCUT2D eigenvalue weighted by molar-refractivity contribution is 5.97. The molecule has 0 unspecified atom stereocenters. The zero-order chi connectivity index (χ0) is 30.5. The van der Waals surface area contributed by atoms with E-state index in [1.165, 1.54) is 0 Å². The number of nitrogens with two attached hydrogens (primary N) is 1. The Morgan fingerprint density at radius 3 is 2.39 bits per heavy atom. The second-order valence-electron chi connectivity index (χ2n) is 10.9. The number of nitrogen functional groups attached to an aromatic ring is 1. The van der Waals surface area contributed by atoms with E-state index in [-0.39, 0.29) is 43.1 Å². The molecule has 4 N–H and O–H groups in total. The first-order chi connectivity index (χ1) is 21.5. The van der Waals surface area contributed by atoms with E-state index in [1.807, 2.05) is 78.7 Å². The number of carbonyl (C=O) groups is 1. The third-order valence-corrected chi connectivity index (χ3v) is 8.04. The number of halogens is 2. The van der Waals surface area contributed by atoms with Gasteiger partial charge in [-0.1, -0.05) is 66.7 Å². The molecule has 0 atom stereocenters. The molecule has 0 radical (unpaired) electrons. The van der Waals surface area contributed by atoms with Crippen LogP contribution in [0.2, 0.25) is 0 Å². The molecule has 0 saturated carbocycles. The summed E-state index contributed by atoms with van der Waals surface area (Å²) in [6.07, 6.45) is 5.09.